The number of hydrogen-bond acceptors (Lipinski definition) is 3. The van der Waals surface area contributed by atoms with Gasteiger partial charge in [0.25, 0.3) is 5.91 Å². The van der Waals surface area contributed by atoms with E-state index in [1.807, 2.05) is 13.8 Å². The Labute approximate surface area is 189 Å². The number of carbonyl (C=O) groups excluding carboxylic acids is 2. The smallest absolute Gasteiger partial charge is 0.261 e. The van der Waals surface area contributed by atoms with Gasteiger partial charge in [-0.15, -0.1) is 0 Å². The molecule has 2 aromatic carbocycles. The maximum absolute atomic E-state index is 14.2. The van der Waals surface area contributed by atoms with Crippen molar-refractivity contribution in [2.24, 2.45) is 0 Å². The van der Waals surface area contributed by atoms with Crippen molar-refractivity contribution >= 4 is 39.3 Å². The van der Waals surface area contributed by atoms with E-state index in [-0.39, 0.29) is 25.1 Å². The minimum Gasteiger partial charge on any atom is -0.483 e. The number of hydrogen-bond donors (Lipinski definition) is 1. The number of amides is 2. The molecule has 2 aromatic rings. The van der Waals surface area contributed by atoms with Crippen LogP contribution in [-0.4, -0.2) is 35.4 Å². The van der Waals surface area contributed by atoms with Crippen LogP contribution in [0.5, 0.6) is 5.75 Å². The number of halogens is 3. The molecule has 8 heteroatoms. The Kier molecular flexibility index (Phi) is 9.11. The second kappa shape index (κ2) is 11.3. The Morgan fingerprint density at radius 1 is 1.23 bits per heavy atom. The van der Waals surface area contributed by atoms with Crippen LogP contribution in [-0.2, 0) is 16.1 Å². The highest BCUT2D eigenvalue weighted by atomic mass is 79.9. The summed E-state index contributed by atoms with van der Waals surface area (Å²) < 4.78 is 20.4. The lowest BCUT2D eigenvalue weighted by Gasteiger charge is -2.29. The highest BCUT2D eigenvalue weighted by Crippen LogP contribution is 2.28. The van der Waals surface area contributed by atoms with Gasteiger partial charge in [0.05, 0.1) is 4.47 Å². The molecular weight excluding hydrogens is 475 g/mol. The second-order valence-electron chi connectivity index (χ2n) is 6.97. The molecule has 2 amide bonds. The van der Waals surface area contributed by atoms with Gasteiger partial charge in [-0.2, -0.15) is 0 Å². The predicted octanol–water partition coefficient (Wildman–Crippen LogP) is 4.95. The topological polar surface area (TPSA) is 58.6 Å². The first kappa shape index (κ1) is 24.2. The van der Waals surface area contributed by atoms with Crippen LogP contribution >= 0.6 is 27.5 Å². The zero-order valence-electron chi connectivity index (χ0n) is 17.1. The van der Waals surface area contributed by atoms with Crippen LogP contribution in [0.25, 0.3) is 0 Å². The molecule has 2 rings (SSSR count). The van der Waals surface area contributed by atoms with Crippen LogP contribution in [0.3, 0.4) is 0 Å². The summed E-state index contributed by atoms with van der Waals surface area (Å²) in [5.74, 6) is -0.741. The summed E-state index contributed by atoms with van der Waals surface area (Å²) in [7, 11) is 0. The second-order valence-corrected chi connectivity index (χ2v) is 8.26. The largest absolute Gasteiger partial charge is 0.483 e. The first-order valence-corrected chi connectivity index (χ1v) is 10.8. The molecule has 0 saturated heterocycles. The molecule has 0 aliphatic rings. The van der Waals surface area contributed by atoms with E-state index in [9.17, 15) is 14.0 Å². The van der Waals surface area contributed by atoms with Gasteiger partial charge in [0.15, 0.2) is 6.61 Å². The van der Waals surface area contributed by atoms with Gasteiger partial charge in [0.2, 0.25) is 5.91 Å². The van der Waals surface area contributed by atoms with Crippen LogP contribution < -0.4 is 10.1 Å². The fraction of sp³-hybridized carbons (Fsp3) is 0.364. The van der Waals surface area contributed by atoms with Crippen LogP contribution in [0.1, 0.15) is 32.8 Å². The number of nitrogens with zero attached hydrogens (tertiary/aromatic N) is 1. The normalized spacial score (nSPS) is 12.7. The average Bonchev–Trinajstić information content (AvgIpc) is 2.71. The quantitative estimate of drug-likeness (QED) is 0.531. The van der Waals surface area contributed by atoms with Crippen molar-refractivity contribution in [3.63, 3.8) is 0 Å². The van der Waals surface area contributed by atoms with E-state index in [1.165, 1.54) is 11.0 Å². The summed E-state index contributed by atoms with van der Waals surface area (Å²) in [6.45, 7) is 5.10. The number of nitrogens with one attached hydrogen (secondary N) is 1. The van der Waals surface area contributed by atoms with E-state index in [1.54, 1.807) is 43.3 Å². The van der Waals surface area contributed by atoms with Gasteiger partial charge in [-0.3, -0.25) is 9.59 Å². The molecule has 162 valence electrons. The monoisotopic (exact) mass is 498 g/mol. The minimum atomic E-state index is -0.802. The summed E-state index contributed by atoms with van der Waals surface area (Å²) >= 11 is 9.26. The van der Waals surface area contributed by atoms with Crippen molar-refractivity contribution in [2.45, 2.75) is 45.8 Å². The highest BCUT2D eigenvalue weighted by Gasteiger charge is 2.28. The van der Waals surface area contributed by atoms with Crippen LogP contribution in [0.2, 0.25) is 5.02 Å². The van der Waals surface area contributed by atoms with Gasteiger partial charge in [-0.05, 0) is 60.5 Å². The van der Waals surface area contributed by atoms with Crippen molar-refractivity contribution in [3.8, 4) is 5.75 Å². The third-order valence-electron chi connectivity index (χ3n) is 4.71. The molecule has 0 heterocycles. The molecule has 0 bridgehead atoms. The first-order valence-electron chi connectivity index (χ1n) is 9.64. The van der Waals surface area contributed by atoms with Gasteiger partial charge in [-0.1, -0.05) is 36.7 Å². The number of rotatable bonds is 9. The highest BCUT2D eigenvalue weighted by molar-refractivity contribution is 9.10. The van der Waals surface area contributed by atoms with Crippen molar-refractivity contribution < 1.29 is 18.7 Å². The molecule has 0 aliphatic carbocycles. The van der Waals surface area contributed by atoms with Crippen molar-refractivity contribution in [3.05, 3.63) is 63.3 Å². The summed E-state index contributed by atoms with van der Waals surface area (Å²) in [5, 5.41) is 3.39. The summed E-state index contributed by atoms with van der Waals surface area (Å²) in [4.78, 5) is 26.9. The lowest BCUT2D eigenvalue weighted by molar-refractivity contribution is -0.142. The molecule has 0 unspecified atom stereocenters. The summed E-state index contributed by atoms with van der Waals surface area (Å²) in [6, 6.07) is 10.3. The summed E-state index contributed by atoms with van der Waals surface area (Å²) in [6.07, 6.45) is 0.757. The van der Waals surface area contributed by atoms with Crippen molar-refractivity contribution in [2.75, 3.05) is 6.61 Å². The molecule has 0 spiro atoms. The lowest BCUT2D eigenvalue weighted by Crippen LogP contribution is -2.50. The molecule has 0 fully saturated rings. The third kappa shape index (κ3) is 6.71. The predicted molar refractivity (Wildman–Crippen MR) is 119 cm³/mol. The average molecular weight is 500 g/mol. The Morgan fingerprint density at radius 2 is 1.93 bits per heavy atom. The van der Waals surface area contributed by atoms with Crippen LogP contribution in [0.4, 0.5) is 4.39 Å². The Bertz CT molecular complexity index is 896. The molecule has 0 aromatic heterocycles. The SMILES string of the molecule is CC[C@@H](C)NC(=O)[C@@H](C)N(Cc1ccccc1F)C(=O)COc1ccc(Cl)cc1Br. The minimum absolute atomic E-state index is 0.0355. The molecule has 0 saturated carbocycles. The Balaban J connectivity index is 2.19. The van der Waals surface area contributed by atoms with E-state index in [0.717, 1.165) is 6.42 Å². The molecule has 0 radical (unpaired) electrons. The number of carbonyl (C=O) groups is 2. The standard InChI is InChI=1S/C22H25BrClFN2O3/c1-4-14(2)26-22(29)15(3)27(12-16-7-5-6-8-19(16)25)21(28)13-30-20-10-9-17(24)11-18(20)23/h5-11,14-15H,4,12-13H2,1-3H3,(H,26,29)/t14-,15-/m1/s1. The van der Waals surface area contributed by atoms with Crippen LogP contribution in [0, 0.1) is 5.82 Å². The van der Waals surface area contributed by atoms with E-state index >= 15 is 0 Å². The van der Waals surface area contributed by atoms with E-state index in [4.69, 9.17) is 16.3 Å². The molecule has 30 heavy (non-hydrogen) atoms. The van der Waals surface area contributed by atoms with Gasteiger partial charge < -0.3 is 15.0 Å². The maximum Gasteiger partial charge on any atom is 0.261 e. The van der Waals surface area contributed by atoms with Crippen molar-refractivity contribution in [1.82, 2.24) is 10.2 Å². The molecule has 5 nitrogen and oxygen atoms in total. The van der Waals surface area contributed by atoms with Gasteiger partial charge in [-0.25, -0.2) is 4.39 Å². The number of ether oxygens (including phenoxy) is 1. The van der Waals surface area contributed by atoms with Gasteiger partial charge in [0, 0.05) is 23.2 Å². The lowest BCUT2D eigenvalue weighted by atomic mass is 10.1. The molecular formula is C22H25BrClFN2O3. The zero-order valence-corrected chi connectivity index (χ0v) is 19.5. The van der Waals surface area contributed by atoms with Gasteiger partial charge in [0.1, 0.15) is 17.6 Å². The van der Waals surface area contributed by atoms with E-state index < -0.39 is 17.8 Å². The Hall–Kier alpha value is -2.12. The number of benzene rings is 2. The van der Waals surface area contributed by atoms with Crippen molar-refractivity contribution in [1.29, 1.82) is 0 Å². The zero-order chi connectivity index (χ0) is 22.3. The third-order valence-corrected chi connectivity index (χ3v) is 5.57. The van der Waals surface area contributed by atoms with Crippen LogP contribution in [0.15, 0.2) is 46.9 Å². The molecule has 2 atom stereocenters. The van der Waals surface area contributed by atoms with Gasteiger partial charge >= 0.3 is 0 Å². The van der Waals surface area contributed by atoms with E-state index in [0.29, 0.717) is 20.8 Å². The fourth-order valence-electron chi connectivity index (χ4n) is 2.67. The first-order chi connectivity index (χ1) is 14.2. The fourth-order valence-corrected chi connectivity index (χ4v) is 3.47. The molecule has 0 aliphatic heterocycles. The van der Waals surface area contributed by atoms with E-state index in [2.05, 4.69) is 21.2 Å². The maximum atomic E-state index is 14.2. The molecule has 1 N–H and O–H groups in total. The Morgan fingerprint density at radius 3 is 2.57 bits per heavy atom. The summed E-state index contributed by atoms with van der Waals surface area (Å²) in [5.41, 5.74) is 0.321.